The topological polar surface area (TPSA) is 87.2 Å². The minimum Gasteiger partial charge on any atom is -0.462 e. The third kappa shape index (κ3) is 3.25. The van der Waals surface area contributed by atoms with Crippen molar-refractivity contribution in [3.63, 3.8) is 0 Å². The monoisotopic (exact) mass is 465 g/mol. The molecule has 0 amide bonds. The number of esters is 1. The minimum atomic E-state index is -0.626. The Balaban J connectivity index is 1.81. The van der Waals surface area contributed by atoms with Gasteiger partial charge in [0.25, 0.3) is 0 Å². The molecule has 8 heteroatoms. The number of halogens is 1. The third-order valence-corrected chi connectivity index (χ3v) is 4.93. The molecular weight excluding hydrogens is 449 g/mol. The van der Waals surface area contributed by atoms with Crippen LogP contribution in [0.25, 0.3) is 10.9 Å². The highest BCUT2D eigenvalue weighted by Crippen LogP contribution is 2.38. The van der Waals surface area contributed by atoms with Crippen molar-refractivity contribution in [3.8, 4) is 0 Å². The summed E-state index contributed by atoms with van der Waals surface area (Å²) in [7, 11) is 0. The molecule has 0 saturated heterocycles. The number of hydrogen-bond donors (Lipinski definition) is 0. The highest BCUT2D eigenvalue weighted by molar-refractivity contribution is 14.1. The van der Waals surface area contributed by atoms with Crippen LogP contribution in [0.5, 0.6) is 0 Å². The number of aromatic nitrogens is 3. The maximum Gasteiger partial charge on any atom is 0.343 e. The molecule has 134 valence electrons. The smallest absolute Gasteiger partial charge is 0.343 e. The van der Waals surface area contributed by atoms with E-state index < -0.39 is 5.97 Å². The summed E-state index contributed by atoms with van der Waals surface area (Å²) < 4.78 is 13.0. The van der Waals surface area contributed by atoms with E-state index in [0.29, 0.717) is 35.1 Å². The number of nitrogens with zero attached hydrogens (tertiary/aromatic N) is 3. The van der Waals surface area contributed by atoms with E-state index in [0.717, 1.165) is 16.4 Å². The van der Waals surface area contributed by atoms with Gasteiger partial charge in [-0.2, -0.15) is 4.98 Å². The first-order chi connectivity index (χ1) is 12.6. The maximum atomic E-state index is 12.7. The van der Waals surface area contributed by atoms with Crippen molar-refractivity contribution in [2.45, 2.75) is 32.2 Å². The second-order valence-electron chi connectivity index (χ2n) is 6.20. The molecule has 0 spiro atoms. The van der Waals surface area contributed by atoms with E-state index >= 15 is 0 Å². The van der Waals surface area contributed by atoms with Crippen LogP contribution < -0.4 is 5.43 Å². The van der Waals surface area contributed by atoms with Crippen molar-refractivity contribution in [3.05, 3.63) is 55.5 Å². The van der Waals surface area contributed by atoms with Crippen LogP contribution >= 0.6 is 22.6 Å². The quantitative estimate of drug-likeness (QED) is 0.425. The molecule has 3 aromatic rings. The molecule has 1 saturated carbocycles. The molecule has 26 heavy (non-hydrogen) atoms. The Morgan fingerprint density at radius 3 is 2.96 bits per heavy atom. The first-order valence-electron chi connectivity index (χ1n) is 8.39. The second kappa shape index (κ2) is 6.82. The zero-order valence-corrected chi connectivity index (χ0v) is 16.2. The average molecular weight is 465 g/mol. The summed E-state index contributed by atoms with van der Waals surface area (Å²) in [5.74, 6) is 0.924. The van der Waals surface area contributed by atoms with Gasteiger partial charge < -0.3 is 13.8 Å². The van der Waals surface area contributed by atoms with Crippen LogP contribution in [0.1, 0.15) is 47.8 Å². The van der Waals surface area contributed by atoms with E-state index in [1.54, 1.807) is 17.6 Å². The van der Waals surface area contributed by atoms with Gasteiger partial charge in [0.1, 0.15) is 5.56 Å². The van der Waals surface area contributed by atoms with Gasteiger partial charge in [0.05, 0.1) is 18.7 Å². The van der Waals surface area contributed by atoms with Crippen LogP contribution in [0.2, 0.25) is 0 Å². The lowest BCUT2D eigenvalue weighted by Crippen LogP contribution is -2.21. The molecule has 0 bridgehead atoms. The van der Waals surface area contributed by atoms with Gasteiger partial charge in [-0.25, -0.2) is 4.79 Å². The molecular formula is C18H16IN3O4. The summed E-state index contributed by atoms with van der Waals surface area (Å²) in [6.07, 6.45) is 3.67. The van der Waals surface area contributed by atoms with Gasteiger partial charge in [0, 0.05) is 21.1 Å². The van der Waals surface area contributed by atoms with Crippen molar-refractivity contribution in [1.29, 1.82) is 0 Å². The summed E-state index contributed by atoms with van der Waals surface area (Å²) >= 11 is 2.14. The lowest BCUT2D eigenvalue weighted by Gasteiger charge is -2.12. The van der Waals surface area contributed by atoms with Gasteiger partial charge >= 0.3 is 5.97 Å². The SMILES string of the molecule is CCOC(=O)c1cn(Cc2noc(C3CC3)n2)c2ccc(I)cc2c1=O. The van der Waals surface area contributed by atoms with Crippen molar-refractivity contribution in [1.82, 2.24) is 14.7 Å². The molecule has 0 aliphatic heterocycles. The Hall–Kier alpha value is -2.23. The zero-order chi connectivity index (χ0) is 18.3. The number of pyridine rings is 1. The number of benzene rings is 1. The number of carbonyl (C=O) groups is 1. The van der Waals surface area contributed by atoms with Crippen LogP contribution in [0, 0.1) is 3.57 Å². The molecule has 1 aliphatic rings. The Morgan fingerprint density at radius 2 is 2.23 bits per heavy atom. The van der Waals surface area contributed by atoms with E-state index in [1.807, 2.05) is 12.1 Å². The van der Waals surface area contributed by atoms with E-state index in [9.17, 15) is 9.59 Å². The number of ether oxygens (including phenoxy) is 1. The molecule has 0 atom stereocenters. The van der Waals surface area contributed by atoms with Crippen molar-refractivity contribution in [2.75, 3.05) is 6.61 Å². The Morgan fingerprint density at radius 1 is 1.42 bits per heavy atom. The molecule has 0 unspecified atom stereocenters. The summed E-state index contributed by atoms with van der Waals surface area (Å²) in [6.45, 7) is 2.22. The van der Waals surface area contributed by atoms with Crippen LogP contribution in [-0.2, 0) is 11.3 Å². The van der Waals surface area contributed by atoms with Crippen molar-refractivity contribution in [2.24, 2.45) is 0 Å². The molecule has 1 fully saturated rings. The van der Waals surface area contributed by atoms with Gasteiger partial charge in [0.2, 0.25) is 11.3 Å². The predicted molar refractivity (Wildman–Crippen MR) is 102 cm³/mol. The number of fused-ring (bicyclic) bond motifs is 1. The Bertz CT molecular complexity index is 1050. The molecule has 7 nitrogen and oxygen atoms in total. The summed E-state index contributed by atoms with van der Waals surface area (Å²) in [6, 6.07) is 5.54. The van der Waals surface area contributed by atoms with E-state index in [4.69, 9.17) is 9.26 Å². The number of hydrogen-bond acceptors (Lipinski definition) is 6. The van der Waals surface area contributed by atoms with Crippen LogP contribution in [0.3, 0.4) is 0 Å². The molecule has 1 aromatic carbocycles. The van der Waals surface area contributed by atoms with E-state index in [2.05, 4.69) is 32.7 Å². The largest absolute Gasteiger partial charge is 0.462 e. The lowest BCUT2D eigenvalue weighted by atomic mass is 10.1. The average Bonchev–Trinajstić information content (AvgIpc) is 3.37. The summed E-state index contributed by atoms with van der Waals surface area (Å²) in [4.78, 5) is 29.4. The minimum absolute atomic E-state index is 0.00672. The standard InChI is InChI=1S/C18H16IN3O4/c1-2-25-18(24)13-8-22(9-15-20-17(26-21-15)10-3-4-10)14-6-5-11(19)7-12(14)16(13)23/h5-8,10H,2-4,9H2,1H3. The van der Waals surface area contributed by atoms with E-state index in [-0.39, 0.29) is 17.6 Å². The first-order valence-corrected chi connectivity index (χ1v) is 9.47. The lowest BCUT2D eigenvalue weighted by molar-refractivity contribution is 0.0524. The Labute approximate surface area is 162 Å². The molecule has 2 aromatic heterocycles. The molecule has 1 aliphatic carbocycles. The number of rotatable bonds is 5. The van der Waals surface area contributed by atoms with Crippen molar-refractivity contribution < 1.29 is 14.1 Å². The summed E-state index contributed by atoms with van der Waals surface area (Å²) in [5, 5.41) is 4.49. The van der Waals surface area contributed by atoms with Crippen LogP contribution in [0.4, 0.5) is 0 Å². The fourth-order valence-electron chi connectivity index (χ4n) is 2.83. The van der Waals surface area contributed by atoms with Gasteiger partial charge in [-0.1, -0.05) is 5.16 Å². The van der Waals surface area contributed by atoms with Gasteiger partial charge in [-0.15, -0.1) is 0 Å². The van der Waals surface area contributed by atoms with Crippen LogP contribution in [0.15, 0.2) is 33.7 Å². The zero-order valence-electron chi connectivity index (χ0n) is 14.1. The normalized spacial score (nSPS) is 13.9. The molecule has 0 radical (unpaired) electrons. The highest BCUT2D eigenvalue weighted by atomic mass is 127. The van der Waals surface area contributed by atoms with E-state index in [1.165, 1.54) is 6.20 Å². The first kappa shape index (κ1) is 17.2. The maximum absolute atomic E-state index is 12.7. The van der Waals surface area contributed by atoms with Crippen LogP contribution in [-0.4, -0.2) is 27.3 Å². The second-order valence-corrected chi connectivity index (χ2v) is 7.45. The molecule has 0 N–H and O–H groups in total. The van der Waals surface area contributed by atoms with Gasteiger partial charge in [0.15, 0.2) is 5.82 Å². The van der Waals surface area contributed by atoms with Crippen molar-refractivity contribution >= 4 is 39.5 Å². The Kier molecular flexibility index (Phi) is 4.51. The molecule has 2 heterocycles. The summed E-state index contributed by atoms with van der Waals surface area (Å²) in [5.41, 5.74) is 0.383. The fraction of sp³-hybridized carbons (Fsp3) is 0.333. The number of carbonyl (C=O) groups excluding carboxylic acids is 1. The van der Waals surface area contributed by atoms with Gasteiger partial charge in [-0.3, -0.25) is 4.79 Å². The van der Waals surface area contributed by atoms with Gasteiger partial charge in [-0.05, 0) is 60.6 Å². The third-order valence-electron chi connectivity index (χ3n) is 4.26. The highest BCUT2D eigenvalue weighted by Gasteiger charge is 2.29. The molecule has 4 rings (SSSR count). The predicted octanol–water partition coefficient (Wildman–Crippen LogP) is 3.09. The fourth-order valence-corrected chi connectivity index (χ4v) is 3.33.